The molecule has 0 heterocycles. The van der Waals surface area contributed by atoms with E-state index in [9.17, 15) is 4.79 Å². The van der Waals surface area contributed by atoms with Crippen LogP contribution in [0.1, 0.15) is 25.3 Å². The van der Waals surface area contributed by atoms with Crippen LogP contribution in [-0.2, 0) is 11.2 Å². The van der Waals surface area contributed by atoms with Gasteiger partial charge in [-0.25, -0.2) is 0 Å². The van der Waals surface area contributed by atoms with Crippen molar-refractivity contribution < 1.29 is 9.90 Å². The molecule has 0 bridgehead atoms. The molecule has 2 N–H and O–H groups in total. The Hall–Kier alpha value is -1.35. The van der Waals surface area contributed by atoms with E-state index in [4.69, 9.17) is 5.11 Å². The molecule has 0 aliphatic carbocycles. The standard InChI is InChI=1S/C12H17NO2/c1-2-3-4-10-5-7-11(8-6-10)13-12(15)9-14/h5-8,14H,2-4,9H2,1H3,(H,13,15). The lowest BCUT2D eigenvalue weighted by atomic mass is 10.1. The fourth-order valence-electron chi connectivity index (χ4n) is 1.34. The topological polar surface area (TPSA) is 49.3 Å². The molecule has 0 saturated carbocycles. The third kappa shape index (κ3) is 4.13. The van der Waals surface area contributed by atoms with Crippen LogP contribution in [0.15, 0.2) is 24.3 Å². The summed E-state index contributed by atoms with van der Waals surface area (Å²) in [5.74, 6) is -0.378. The molecule has 1 aromatic carbocycles. The van der Waals surface area contributed by atoms with E-state index in [1.165, 1.54) is 18.4 Å². The minimum absolute atomic E-state index is 0.378. The Morgan fingerprint density at radius 1 is 1.33 bits per heavy atom. The molecular formula is C12H17NO2. The summed E-state index contributed by atoms with van der Waals surface area (Å²) in [4.78, 5) is 10.9. The smallest absolute Gasteiger partial charge is 0.250 e. The van der Waals surface area contributed by atoms with Crippen LogP contribution in [0.5, 0.6) is 0 Å². The second-order valence-electron chi connectivity index (χ2n) is 3.51. The molecule has 15 heavy (non-hydrogen) atoms. The number of aliphatic hydroxyl groups excluding tert-OH is 1. The summed E-state index contributed by atoms with van der Waals surface area (Å²) in [5.41, 5.74) is 2.01. The van der Waals surface area contributed by atoms with Gasteiger partial charge in [-0.1, -0.05) is 25.5 Å². The Labute approximate surface area is 90.1 Å². The molecule has 0 atom stereocenters. The molecule has 0 spiro atoms. The molecule has 1 amide bonds. The van der Waals surface area contributed by atoms with Crippen molar-refractivity contribution in [2.45, 2.75) is 26.2 Å². The van der Waals surface area contributed by atoms with Gasteiger partial charge < -0.3 is 10.4 Å². The lowest BCUT2D eigenvalue weighted by Gasteiger charge is -2.04. The summed E-state index contributed by atoms with van der Waals surface area (Å²) < 4.78 is 0. The number of aliphatic hydroxyl groups is 1. The molecule has 82 valence electrons. The highest BCUT2D eigenvalue weighted by Crippen LogP contribution is 2.11. The third-order valence-corrected chi connectivity index (χ3v) is 2.20. The van der Waals surface area contributed by atoms with E-state index >= 15 is 0 Å². The van der Waals surface area contributed by atoms with Crippen LogP contribution in [0, 0.1) is 0 Å². The number of rotatable bonds is 5. The number of aryl methyl sites for hydroxylation is 1. The number of hydrogen-bond acceptors (Lipinski definition) is 2. The van der Waals surface area contributed by atoms with Crippen LogP contribution in [0.25, 0.3) is 0 Å². The minimum Gasteiger partial charge on any atom is -0.387 e. The SMILES string of the molecule is CCCCc1ccc(NC(=O)CO)cc1. The van der Waals surface area contributed by atoms with E-state index in [-0.39, 0.29) is 5.91 Å². The zero-order valence-corrected chi connectivity index (χ0v) is 8.99. The Morgan fingerprint density at radius 2 is 2.00 bits per heavy atom. The summed E-state index contributed by atoms with van der Waals surface area (Å²) in [6, 6.07) is 7.72. The second kappa shape index (κ2) is 6.19. The molecule has 3 nitrogen and oxygen atoms in total. The Bertz CT molecular complexity index is 306. The van der Waals surface area contributed by atoms with Crippen LogP contribution in [-0.4, -0.2) is 17.6 Å². The van der Waals surface area contributed by atoms with Gasteiger partial charge in [-0.3, -0.25) is 4.79 Å². The predicted octanol–water partition coefficient (Wildman–Crippen LogP) is 1.96. The van der Waals surface area contributed by atoms with Crippen LogP contribution < -0.4 is 5.32 Å². The number of amides is 1. The maximum atomic E-state index is 10.9. The third-order valence-electron chi connectivity index (χ3n) is 2.20. The highest BCUT2D eigenvalue weighted by Gasteiger charge is 1.99. The number of nitrogens with one attached hydrogen (secondary N) is 1. The van der Waals surface area contributed by atoms with E-state index in [2.05, 4.69) is 12.2 Å². The fraction of sp³-hybridized carbons (Fsp3) is 0.417. The quantitative estimate of drug-likeness (QED) is 0.775. The van der Waals surface area contributed by atoms with E-state index in [1.807, 2.05) is 24.3 Å². The van der Waals surface area contributed by atoms with Gasteiger partial charge in [-0.05, 0) is 30.5 Å². The molecule has 0 aliphatic rings. The first-order valence-corrected chi connectivity index (χ1v) is 5.26. The van der Waals surface area contributed by atoms with Crippen LogP contribution >= 0.6 is 0 Å². The van der Waals surface area contributed by atoms with Crippen molar-refractivity contribution in [3.63, 3.8) is 0 Å². The van der Waals surface area contributed by atoms with E-state index < -0.39 is 6.61 Å². The first-order valence-electron chi connectivity index (χ1n) is 5.26. The Morgan fingerprint density at radius 3 is 2.53 bits per heavy atom. The van der Waals surface area contributed by atoms with Gasteiger partial charge in [0.25, 0.3) is 0 Å². The molecular weight excluding hydrogens is 190 g/mol. The summed E-state index contributed by atoms with van der Waals surface area (Å²) in [6.45, 7) is 1.69. The molecule has 0 fully saturated rings. The molecule has 0 aliphatic heterocycles. The first kappa shape index (κ1) is 11.7. The van der Waals surface area contributed by atoms with Gasteiger partial charge >= 0.3 is 0 Å². The monoisotopic (exact) mass is 207 g/mol. The van der Waals surface area contributed by atoms with Crippen LogP contribution in [0.4, 0.5) is 5.69 Å². The minimum atomic E-state index is -0.475. The van der Waals surface area contributed by atoms with Crippen LogP contribution in [0.2, 0.25) is 0 Å². The maximum Gasteiger partial charge on any atom is 0.250 e. The predicted molar refractivity (Wildman–Crippen MR) is 60.8 cm³/mol. The maximum absolute atomic E-state index is 10.9. The number of anilines is 1. The molecule has 3 heteroatoms. The molecule has 0 radical (unpaired) electrons. The average Bonchev–Trinajstić information content (AvgIpc) is 2.28. The van der Waals surface area contributed by atoms with Gasteiger partial charge in [0, 0.05) is 5.69 Å². The fourth-order valence-corrected chi connectivity index (χ4v) is 1.34. The largest absolute Gasteiger partial charge is 0.387 e. The highest BCUT2D eigenvalue weighted by atomic mass is 16.3. The molecule has 1 aromatic rings. The van der Waals surface area contributed by atoms with Gasteiger partial charge in [0.15, 0.2) is 0 Å². The summed E-state index contributed by atoms with van der Waals surface area (Å²) in [5, 5.41) is 11.1. The first-order chi connectivity index (χ1) is 7.26. The van der Waals surface area contributed by atoms with Crippen molar-refractivity contribution in [3.8, 4) is 0 Å². The molecule has 0 saturated heterocycles. The van der Waals surface area contributed by atoms with Gasteiger partial charge in [0.05, 0.1) is 0 Å². The number of unbranched alkanes of at least 4 members (excludes halogenated alkanes) is 1. The molecule has 1 rings (SSSR count). The molecule has 0 aromatic heterocycles. The summed E-state index contributed by atoms with van der Waals surface area (Å²) in [7, 11) is 0. The number of carbonyl (C=O) groups is 1. The summed E-state index contributed by atoms with van der Waals surface area (Å²) >= 11 is 0. The Balaban J connectivity index is 2.52. The zero-order chi connectivity index (χ0) is 11.1. The molecule has 0 unspecified atom stereocenters. The van der Waals surface area contributed by atoms with E-state index in [0.29, 0.717) is 0 Å². The van der Waals surface area contributed by atoms with Crippen molar-refractivity contribution >= 4 is 11.6 Å². The van der Waals surface area contributed by atoms with E-state index in [1.54, 1.807) is 0 Å². The number of carbonyl (C=O) groups excluding carboxylic acids is 1. The Kier molecular flexibility index (Phi) is 4.84. The van der Waals surface area contributed by atoms with E-state index in [0.717, 1.165) is 12.1 Å². The normalized spacial score (nSPS) is 10.0. The average molecular weight is 207 g/mol. The van der Waals surface area contributed by atoms with Gasteiger partial charge in [-0.15, -0.1) is 0 Å². The van der Waals surface area contributed by atoms with Gasteiger partial charge in [-0.2, -0.15) is 0 Å². The van der Waals surface area contributed by atoms with Crippen molar-refractivity contribution in [2.24, 2.45) is 0 Å². The number of hydrogen-bond donors (Lipinski definition) is 2. The second-order valence-corrected chi connectivity index (χ2v) is 3.51. The number of benzene rings is 1. The van der Waals surface area contributed by atoms with Crippen molar-refractivity contribution in [1.29, 1.82) is 0 Å². The van der Waals surface area contributed by atoms with Crippen LogP contribution in [0.3, 0.4) is 0 Å². The van der Waals surface area contributed by atoms with Gasteiger partial charge in [0.1, 0.15) is 6.61 Å². The lowest BCUT2D eigenvalue weighted by molar-refractivity contribution is -0.118. The summed E-state index contributed by atoms with van der Waals surface area (Å²) in [6.07, 6.45) is 3.44. The van der Waals surface area contributed by atoms with Crippen molar-refractivity contribution in [1.82, 2.24) is 0 Å². The van der Waals surface area contributed by atoms with Crippen molar-refractivity contribution in [2.75, 3.05) is 11.9 Å². The van der Waals surface area contributed by atoms with Gasteiger partial charge in [0.2, 0.25) is 5.91 Å². The highest BCUT2D eigenvalue weighted by molar-refractivity contribution is 5.91. The van der Waals surface area contributed by atoms with Crippen molar-refractivity contribution in [3.05, 3.63) is 29.8 Å². The zero-order valence-electron chi connectivity index (χ0n) is 8.99. The lowest BCUT2D eigenvalue weighted by Crippen LogP contribution is -2.15.